The summed E-state index contributed by atoms with van der Waals surface area (Å²) in [5.41, 5.74) is 11.2. The maximum absolute atomic E-state index is 9.19. The summed E-state index contributed by atoms with van der Waals surface area (Å²) >= 11 is 0. The van der Waals surface area contributed by atoms with Crippen LogP contribution in [0.3, 0.4) is 0 Å². The molecule has 0 amide bonds. The van der Waals surface area contributed by atoms with Crippen LogP contribution in [-0.4, -0.2) is 10.6 Å². The van der Waals surface area contributed by atoms with E-state index in [1.807, 2.05) is 0 Å². The van der Waals surface area contributed by atoms with Crippen LogP contribution in [0.1, 0.15) is 13.3 Å². The number of allylic oxidation sites excluding steroid dienone is 2. The molecule has 56 valence electrons. The highest BCUT2D eigenvalue weighted by molar-refractivity contribution is 5.27. The number of aliphatic hydroxyl groups excluding tert-OH is 1. The lowest BCUT2D eigenvalue weighted by atomic mass is 9.91. The second-order valence-corrected chi connectivity index (χ2v) is 2.89. The van der Waals surface area contributed by atoms with Gasteiger partial charge in [-0.1, -0.05) is 0 Å². The number of rotatable bonds is 0. The summed E-state index contributed by atoms with van der Waals surface area (Å²) in [5, 5.41) is 9.19. The number of hydrogen-bond donors (Lipinski definition) is 3. The summed E-state index contributed by atoms with van der Waals surface area (Å²) in [7, 11) is 0. The van der Waals surface area contributed by atoms with Crippen molar-refractivity contribution in [3.63, 3.8) is 0 Å². The largest absolute Gasteiger partial charge is 0.510 e. The number of nitrogens with two attached hydrogens (primary N) is 2. The average molecular weight is 140 g/mol. The van der Waals surface area contributed by atoms with E-state index in [0.717, 1.165) is 0 Å². The molecule has 1 atom stereocenters. The molecule has 1 aliphatic carbocycles. The quantitative estimate of drug-likeness (QED) is 0.456. The van der Waals surface area contributed by atoms with Crippen LogP contribution in [0.2, 0.25) is 0 Å². The zero-order valence-corrected chi connectivity index (χ0v) is 5.96. The van der Waals surface area contributed by atoms with E-state index in [4.69, 9.17) is 11.5 Å². The van der Waals surface area contributed by atoms with Crippen LogP contribution in [0.15, 0.2) is 23.6 Å². The van der Waals surface area contributed by atoms with Gasteiger partial charge in [0.05, 0.1) is 5.54 Å². The first kappa shape index (κ1) is 7.15. The van der Waals surface area contributed by atoms with Gasteiger partial charge in [-0.25, -0.2) is 0 Å². The van der Waals surface area contributed by atoms with Gasteiger partial charge in [-0.15, -0.1) is 0 Å². The SMILES string of the molecule is CC1(N)CC(N)=CC=C1O. The van der Waals surface area contributed by atoms with Gasteiger partial charge in [0.1, 0.15) is 5.76 Å². The lowest BCUT2D eigenvalue weighted by Gasteiger charge is -2.26. The molecule has 0 spiro atoms. The molecule has 0 radical (unpaired) electrons. The molecule has 0 bridgehead atoms. The molecule has 1 aliphatic rings. The zero-order valence-electron chi connectivity index (χ0n) is 5.96. The number of aliphatic hydroxyl groups is 1. The molecule has 0 saturated carbocycles. The maximum atomic E-state index is 9.19. The van der Waals surface area contributed by atoms with Gasteiger partial charge in [-0.3, -0.25) is 0 Å². The summed E-state index contributed by atoms with van der Waals surface area (Å²) < 4.78 is 0. The van der Waals surface area contributed by atoms with E-state index >= 15 is 0 Å². The normalized spacial score (nSPS) is 33.0. The van der Waals surface area contributed by atoms with Gasteiger partial charge in [0, 0.05) is 12.1 Å². The van der Waals surface area contributed by atoms with E-state index in [0.29, 0.717) is 12.1 Å². The Morgan fingerprint density at radius 2 is 2.20 bits per heavy atom. The first-order valence-electron chi connectivity index (χ1n) is 3.17. The molecule has 1 unspecified atom stereocenters. The molecule has 0 aliphatic heterocycles. The highest BCUT2D eigenvalue weighted by Crippen LogP contribution is 2.22. The minimum atomic E-state index is -0.668. The minimum Gasteiger partial charge on any atom is -0.510 e. The Kier molecular flexibility index (Phi) is 1.45. The molecule has 10 heavy (non-hydrogen) atoms. The second kappa shape index (κ2) is 2.02. The predicted molar refractivity (Wildman–Crippen MR) is 40.2 cm³/mol. The molecule has 0 saturated heterocycles. The third-order valence-corrected chi connectivity index (χ3v) is 1.61. The standard InChI is InChI=1S/C7H12N2O/c1-7(9)4-5(8)2-3-6(7)10/h2-3,10H,4,8-9H2,1H3. The van der Waals surface area contributed by atoms with Crippen molar-refractivity contribution in [3.8, 4) is 0 Å². The highest BCUT2D eigenvalue weighted by atomic mass is 16.3. The predicted octanol–water partition coefficient (Wildman–Crippen LogP) is 0.392. The van der Waals surface area contributed by atoms with Crippen molar-refractivity contribution >= 4 is 0 Å². The van der Waals surface area contributed by atoms with Crippen LogP contribution in [0.25, 0.3) is 0 Å². The summed E-state index contributed by atoms with van der Waals surface area (Å²) in [6, 6.07) is 0. The van der Waals surface area contributed by atoms with E-state index in [1.54, 1.807) is 19.1 Å². The molecular weight excluding hydrogens is 128 g/mol. The van der Waals surface area contributed by atoms with Gasteiger partial charge < -0.3 is 16.6 Å². The van der Waals surface area contributed by atoms with E-state index in [1.165, 1.54) is 0 Å². The molecule has 3 heteroatoms. The van der Waals surface area contributed by atoms with Gasteiger partial charge >= 0.3 is 0 Å². The molecule has 5 N–H and O–H groups in total. The Bertz CT molecular complexity index is 204. The van der Waals surface area contributed by atoms with Crippen molar-refractivity contribution in [2.45, 2.75) is 18.9 Å². The minimum absolute atomic E-state index is 0.196. The Balaban J connectivity index is 2.89. The Labute approximate surface area is 60.0 Å². The van der Waals surface area contributed by atoms with E-state index in [9.17, 15) is 5.11 Å². The fraction of sp³-hybridized carbons (Fsp3) is 0.429. The molecule has 0 aromatic heterocycles. The molecule has 1 rings (SSSR count). The smallest absolute Gasteiger partial charge is 0.112 e. The van der Waals surface area contributed by atoms with Crippen LogP contribution in [0.4, 0.5) is 0 Å². The van der Waals surface area contributed by atoms with Crippen molar-refractivity contribution in [2.75, 3.05) is 0 Å². The van der Waals surface area contributed by atoms with E-state index in [-0.39, 0.29) is 5.76 Å². The number of hydrogen-bond acceptors (Lipinski definition) is 3. The van der Waals surface area contributed by atoms with Crippen LogP contribution < -0.4 is 11.5 Å². The van der Waals surface area contributed by atoms with E-state index < -0.39 is 5.54 Å². The van der Waals surface area contributed by atoms with Crippen molar-refractivity contribution < 1.29 is 5.11 Å². The van der Waals surface area contributed by atoms with Crippen molar-refractivity contribution in [3.05, 3.63) is 23.6 Å². The zero-order chi connectivity index (χ0) is 7.78. The summed E-state index contributed by atoms with van der Waals surface area (Å²) in [5.74, 6) is 0.196. The monoisotopic (exact) mass is 140 g/mol. The first-order valence-corrected chi connectivity index (χ1v) is 3.17. The van der Waals surface area contributed by atoms with Crippen LogP contribution in [0, 0.1) is 0 Å². The highest BCUT2D eigenvalue weighted by Gasteiger charge is 2.26. The van der Waals surface area contributed by atoms with Crippen molar-refractivity contribution in [1.82, 2.24) is 0 Å². The van der Waals surface area contributed by atoms with Crippen molar-refractivity contribution in [2.24, 2.45) is 11.5 Å². The van der Waals surface area contributed by atoms with Crippen molar-refractivity contribution in [1.29, 1.82) is 0 Å². The van der Waals surface area contributed by atoms with Crippen LogP contribution >= 0.6 is 0 Å². The molecule has 0 fully saturated rings. The summed E-state index contributed by atoms with van der Waals surface area (Å²) in [4.78, 5) is 0. The van der Waals surface area contributed by atoms with E-state index in [2.05, 4.69) is 0 Å². The molecule has 0 heterocycles. The molecule has 0 aromatic rings. The average Bonchev–Trinajstić information content (AvgIpc) is 1.78. The lowest BCUT2D eigenvalue weighted by Crippen LogP contribution is -2.41. The van der Waals surface area contributed by atoms with Gasteiger partial charge in [-0.05, 0) is 19.1 Å². The Morgan fingerprint density at radius 1 is 1.60 bits per heavy atom. The van der Waals surface area contributed by atoms with Gasteiger partial charge in [0.15, 0.2) is 0 Å². The third kappa shape index (κ3) is 1.14. The lowest BCUT2D eigenvalue weighted by molar-refractivity contribution is 0.302. The summed E-state index contributed by atoms with van der Waals surface area (Å²) in [6.07, 6.45) is 3.73. The maximum Gasteiger partial charge on any atom is 0.112 e. The van der Waals surface area contributed by atoms with Crippen LogP contribution in [0.5, 0.6) is 0 Å². The molecular formula is C7H12N2O. The topological polar surface area (TPSA) is 72.3 Å². The molecule has 0 aromatic carbocycles. The summed E-state index contributed by atoms with van der Waals surface area (Å²) in [6.45, 7) is 1.75. The van der Waals surface area contributed by atoms with Gasteiger partial charge in [0.2, 0.25) is 0 Å². The van der Waals surface area contributed by atoms with Gasteiger partial charge in [-0.2, -0.15) is 0 Å². The third-order valence-electron chi connectivity index (χ3n) is 1.61. The fourth-order valence-electron chi connectivity index (χ4n) is 0.950. The van der Waals surface area contributed by atoms with Gasteiger partial charge in [0.25, 0.3) is 0 Å². The Morgan fingerprint density at radius 3 is 2.60 bits per heavy atom. The second-order valence-electron chi connectivity index (χ2n) is 2.89. The first-order chi connectivity index (χ1) is 4.52. The van der Waals surface area contributed by atoms with Crippen LogP contribution in [-0.2, 0) is 0 Å². The fourth-order valence-corrected chi connectivity index (χ4v) is 0.950. The molecule has 3 nitrogen and oxygen atoms in total. The Hall–Kier alpha value is -0.960.